The fourth-order valence-electron chi connectivity index (χ4n) is 1.91. The van der Waals surface area contributed by atoms with Gasteiger partial charge in [-0.3, -0.25) is 0 Å². The van der Waals surface area contributed by atoms with E-state index in [1.165, 1.54) is 32.7 Å². The Morgan fingerprint density at radius 1 is 0.905 bits per heavy atom. The van der Waals surface area contributed by atoms with E-state index in [0.717, 1.165) is 15.2 Å². The molecule has 6 nitrogen and oxygen atoms in total. The molecule has 2 aromatic heterocycles. The second-order valence-corrected chi connectivity index (χ2v) is 6.08. The van der Waals surface area contributed by atoms with Crippen LogP contribution in [0.3, 0.4) is 0 Å². The molecule has 0 aliphatic rings. The number of benzene rings is 1. The highest BCUT2D eigenvalue weighted by atomic mass is 32.1. The van der Waals surface area contributed by atoms with Crippen molar-refractivity contribution in [3.8, 4) is 10.0 Å². The number of hydrogen-bond acceptors (Lipinski definition) is 8. The molecule has 3 rings (SSSR count). The summed E-state index contributed by atoms with van der Waals surface area (Å²) in [4.78, 5) is 4.56. The number of para-hydroxylation sites is 1. The first kappa shape index (κ1) is 14.5. The van der Waals surface area contributed by atoms with Crippen molar-refractivity contribution in [3.63, 3.8) is 0 Å². The van der Waals surface area contributed by atoms with Gasteiger partial charge in [-0.15, -0.1) is 21.5 Å². The molecule has 0 aliphatic heterocycles. The van der Waals surface area contributed by atoms with Gasteiger partial charge >= 0.3 is 5.97 Å². The lowest BCUT2D eigenvalue weighted by molar-refractivity contribution is -0.364. The predicted octanol–water partition coefficient (Wildman–Crippen LogP) is 2.86. The summed E-state index contributed by atoms with van der Waals surface area (Å²) < 4.78 is 16.9. The highest BCUT2D eigenvalue weighted by molar-refractivity contribution is 7.25. The first-order chi connectivity index (χ1) is 10.2. The van der Waals surface area contributed by atoms with E-state index in [1.54, 1.807) is 11.3 Å². The third kappa shape index (κ3) is 2.45. The molecule has 0 saturated heterocycles. The van der Waals surface area contributed by atoms with Crippen LogP contribution in [0.15, 0.2) is 24.3 Å². The molecular weight excluding hydrogens is 310 g/mol. The molecule has 0 atom stereocenters. The summed E-state index contributed by atoms with van der Waals surface area (Å²) in [5, 5.41) is 10.3. The fraction of sp³-hybridized carbons (Fsp3) is 0.308. The molecule has 0 radical (unpaired) electrons. The first-order valence-electron chi connectivity index (χ1n) is 6.08. The monoisotopic (exact) mass is 323 g/mol. The maximum Gasteiger partial charge on any atom is 0.341 e. The Morgan fingerprint density at radius 3 is 2.29 bits per heavy atom. The highest BCUT2D eigenvalue weighted by Gasteiger charge is 2.37. The summed E-state index contributed by atoms with van der Waals surface area (Å²) in [5.41, 5.74) is 0.950. The lowest BCUT2D eigenvalue weighted by Gasteiger charge is -2.25. The molecule has 0 N–H and O–H groups in total. The quantitative estimate of drug-likeness (QED) is 0.673. The van der Waals surface area contributed by atoms with Crippen molar-refractivity contribution in [1.82, 2.24) is 15.2 Å². The molecule has 2 heterocycles. The molecule has 110 valence electrons. The van der Waals surface area contributed by atoms with Gasteiger partial charge in [0.2, 0.25) is 5.01 Å². The van der Waals surface area contributed by atoms with Gasteiger partial charge in [-0.2, -0.15) is 0 Å². The number of ether oxygens (including phenoxy) is 3. The number of hydrogen-bond donors (Lipinski definition) is 0. The van der Waals surface area contributed by atoms with E-state index in [1.807, 2.05) is 24.3 Å². The third-order valence-corrected chi connectivity index (χ3v) is 5.14. The zero-order valence-corrected chi connectivity index (χ0v) is 13.3. The van der Waals surface area contributed by atoms with Gasteiger partial charge in [-0.1, -0.05) is 23.5 Å². The van der Waals surface area contributed by atoms with Crippen LogP contribution in [0.1, 0.15) is 5.01 Å². The second kappa shape index (κ2) is 5.74. The third-order valence-electron chi connectivity index (χ3n) is 2.97. The number of aromatic nitrogens is 3. The Labute approximate surface area is 129 Å². The van der Waals surface area contributed by atoms with Crippen LogP contribution in [-0.2, 0) is 20.2 Å². The number of thiazole rings is 1. The molecule has 3 aromatic rings. The summed E-state index contributed by atoms with van der Waals surface area (Å²) in [5.74, 6) is -1.33. The maximum atomic E-state index is 5.28. The average Bonchev–Trinajstić information content (AvgIpc) is 3.16. The largest absolute Gasteiger partial charge is 0.341 e. The Kier molecular flexibility index (Phi) is 3.96. The van der Waals surface area contributed by atoms with Crippen LogP contribution in [0.2, 0.25) is 0 Å². The van der Waals surface area contributed by atoms with Crippen LogP contribution in [0.4, 0.5) is 0 Å². The van der Waals surface area contributed by atoms with Gasteiger partial charge in [-0.05, 0) is 12.1 Å². The Balaban J connectivity index is 2.01. The number of rotatable bonds is 5. The summed E-state index contributed by atoms with van der Waals surface area (Å²) in [6, 6.07) is 7.95. The zero-order chi connectivity index (χ0) is 14.9. The maximum absolute atomic E-state index is 5.28. The molecule has 0 amide bonds. The standard InChI is InChI=1S/C13H13N3O3S2/c1-17-13(18-2,19-3)12-16-15-11(21-12)10-14-8-6-4-5-7-9(8)20-10/h4-7H,1-3H3. The van der Waals surface area contributed by atoms with E-state index < -0.39 is 5.97 Å². The summed E-state index contributed by atoms with van der Waals surface area (Å²) in [6.07, 6.45) is 0. The fourth-order valence-corrected chi connectivity index (χ4v) is 3.86. The van der Waals surface area contributed by atoms with Crippen molar-refractivity contribution in [1.29, 1.82) is 0 Å². The number of nitrogens with zero attached hydrogens (tertiary/aromatic N) is 3. The molecule has 0 spiro atoms. The Hall–Kier alpha value is -1.45. The van der Waals surface area contributed by atoms with E-state index in [-0.39, 0.29) is 0 Å². The second-order valence-electron chi connectivity index (χ2n) is 4.07. The molecule has 0 unspecified atom stereocenters. The Morgan fingerprint density at radius 2 is 1.62 bits per heavy atom. The van der Waals surface area contributed by atoms with E-state index in [9.17, 15) is 0 Å². The van der Waals surface area contributed by atoms with Crippen molar-refractivity contribution in [2.75, 3.05) is 21.3 Å². The van der Waals surface area contributed by atoms with E-state index >= 15 is 0 Å². The minimum absolute atomic E-state index is 0.490. The van der Waals surface area contributed by atoms with Crippen molar-refractivity contribution >= 4 is 32.9 Å². The average molecular weight is 323 g/mol. The predicted molar refractivity (Wildman–Crippen MR) is 81.2 cm³/mol. The van der Waals surface area contributed by atoms with Gasteiger partial charge in [0.1, 0.15) is 0 Å². The lowest BCUT2D eigenvalue weighted by Crippen LogP contribution is -2.32. The van der Waals surface area contributed by atoms with Gasteiger partial charge in [0.05, 0.1) is 10.2 Å². The van der Waals surface area contributed by atoms with Crippen molar-refractivity contribution in [3.05, 3.63) is 29.3 Å². The van der Waals surface area contributed by atoms with Crippen molar-refractivity contribution in [2.24, 2.45) is 0 Å². The molecule has 1 aromatic carbocycles. The summed E-state index contributed by atoms with van der Waals surface area (Å²) in [7, 11) is 4.48. The van der Waals surface area contributed by atoms with Gasteiger partial charge < -0.3 is 14.2 Å². The molecule has 0 bridgehead atoms. The molecule has 0 aliphatic carbocycles. The van der Waals surface area contributed by atoms with E-state index in [0.29, 0.717) is 10.0 Å². The molecular formula is C13H13N3O3S2. The van der Waals surface area contributed by atoms with Crippen LogP contribution >= 0.6 is 22.7 Å². The molecule has 21 heavy (non-hydrogen) atoms. The van der Waals surface area contributed by atoms with Crippen molar-refractivity contribution in [2.45, 2.75) is 5.97 Å². The summed E-state index contributed by atoms with van der Waals surface area (Å²) >= 11 is 2.90. The first-order valence-corrected chi connectivity index (χ1v) is 7.71. The van der Waals surface area contributed by atoms with Crippen LogP contribution in [0, 0.1) is 0 Å². The number of methoxy groups -OCH3 is 3. The van der Waals surface area contributed by atoms with Gasteiger partial charge in [0.25, 0.3) is 0 Å². The van der Waals surface area contributed by atoms with E-state index in [2.05, 4.69) is 15.2 Å². The van der Waals surface area contributed by atoms with Gasteiger partial charge in [0.15, 0.2) is 10.0 Å². The molecule has 8 heteroatoms. The zero-order valence-electron chi connectivity index (χ0n) is 11.7. The minimum atomic E-state index is -1.33. The number of fused-ring (bicyclic) bond motifs is 1. The summed E-state index contributed by atoms with van der Waals surface area (Å²) in [6.45, 7) is 0. The van der Waals surface area contributed by atoms with Crippen LogP contribution in [-0.4, -0.2) is 36.5 Å². The Bertz CT molecular complexity index is 711. The molecule has 0 saturated carbocycles. The topological polar surface area (TPSA) is 66.4 Å². The van der Waals surface area contributed by atoms with Crippen LogP contribution in [0.5, 0.6) is 0 Å². The minimum Gasteiger partial charge on any atom is -0.325 e. The van der Waals surface area contributed by atoms with E-state index in [4.69, 9.17) is 14.2 Å². The molecule has 0 fully saturated rings. The van der Waals surface area contributed by atoms with Gasteiger partial charge in [0, 0.05) is 21.3 Å². The van der Waals surface area contributed by atoms with Gasteiger partial charge in [-0.25, -0.2) is 4.98 Å². The SMILES string of the molecule is COC(OC)(OC)c1nnc(-c2nc3ccccc3s2)s1. The van der Waals surface area contributed by atoms with Crippen LogP contribution in [0.25, 0.3) is 20.2 Å². The normalized spacial score (nSPS) is 12.1. The van der Waals surface area contributed by atoms with Crippen LogP contribution < -0.4 is 0 Å². The smallest absolute Gasteiger partial charge is 0.325 e. The lowest BCUT2D eigenvalue weighted by atomic mass is 10.3. The highest BCUT2D eigenvalue weighted by Crippen LogP contribution is 2.36. The van der Waals surface area contributed by atoms with Crippen molar-refractivity contribution < 1.29 is 14.2 Å².